The topological polar surface area (TPSA) is 9.23 Å². The molecule has 1 unspecified atom stereocenters. The second-order valence-electron chi connectivity index (χ2n) is 3.70. The molecule has 1 rings (SSSR count). The van der Waals surface area contributed by atoms with Crippen molar-refractivity contribution >= 4 is 15.9 Å². The fraction of sp³-hybridized carbons (Fsp3) is 1.00. The van der Waals surface area contributed by atoms with Crippen LogP contribution in [0, 0.1) is 11.3 Å². The number of rotatable bonds is 5. The van der Waals surface area contributed by atoms with Crippen molar-refractivity contribution in [1.29, 1.82) is 0 Å². The standard InChI is InChI=1S/C9H17BrO/c1-3-11-7-9(2,6-10)8-4-5-8/h8H,3-7H2,1-2H3. The molecule has 1 saturated carbocycles. The average molecular weight is 221 g/mol. The van der Waals surface area contributed by atoms with Gasteiger partial charge in [-0.3, -0.25) is 0 Å². The number of ether oxygens (including phenoxy) is 1. The van der Waals surface area contributed by atoms with Crippen LogP contribution in [-0.2, 0) is 4.74 Å². The second-order valence-corrected chi connectivity index (χ2v) is 4.26. The predicted octanol–water partition coefficient (Wildman–Crippen LogP) is 2.83. The van der Waals surface area contributed by atoms with E-state index >= 15 is 0 Å². The van der Waals surface area contributed by atoms with Gasteiger partial charge in [0, 0.05) is 17.4 Å². The van der Waals surface area contributed by atoms with Gasteiger partial charge < -0.3 is 4.74 Å². The van der Waals surface area contributed by atoms with Crippen LogP contribution < -0.4 is 0 Å². The van der Waals surface area contributed by atoms with Crippen molar-refractivity contribution in [3.63, 3.8) is 0 Å². The van der Waals surface area contributed by atoms with Crippen LogP contribution >= 0.6 is 15.9 Å². The van der Waals surface area contributed by atoms with Crippen LogP contribution in [0.25, 0.3) is 0 Å². The van der Waals surface area contributed by atoms with Gasteiger partial charge in [0.2, 0.25) is 0 Å². The van der Waals surface area contributed by atoms with Gasteiger partial charge in [-0.05, 0) is 25.7 Å². The smallest absolute Gasteiger partial charge is 0.0530 e. The summed E-state index contributed by atoms with van der Waals surface area (Å²) < 4.78 is 5.46. The molecule has 0 aromatic rings. The number of halogens is 1. The normalized spacial score (nSPS) is 23.2. The van der Waals surface area contributed by atoms with Crippen molar-refractivity contribution in [3.8, 4) is 0 Å². The lowest BCUT2D eigenvalue weighted by molar-refractivity contribution is 0.0621. The van der Waals surface area contributed by atoms with E-state index in [0.29, 0.717) is 5.41 Å². The lowest BCUT2D eigenvalue weighted by Gasteiger charge is -2.26. The van der Waals surface area contributed by atoms with Gasteiger partial charge in [-0.2, -0.15) is 0 Å². The zero-order valence-corrected chi connectivity index (χ0v) is 8.99. The summed E-state index contributed by atoms with van der Waals surface area (Å²) in [5, 5.41) is 1.07. The van der Waals surface area contributed by atoms with Crippen molar-refractivity contribution in [2.45, 2.75) is 26.7 Å². The molecule has 1 atom stereocenters. The molecule has 0 saturated heterocycles. The highest BCUT2D eigenvalue weighted by Gasteiger charge is 2.40. The molecule has 0 bridgehead atoms. The van der Waals surface area contributed by atoms with Crippen molar-refractivity contribution in [1.82, 2.24) is 0 Å². The molecule has 0 aliphatic heterocycles. The van der Waals surface area contributed by atoms with E-state index in [9.17, 15) is 0 Å². The first-order chi connectivity index (χ1) is 5.23. The van der Waals surface area contributed by atoms with Crippen LogP contribution in [0.1, 0.15) is 26.7 Å². The zero-order chi connectivity index (χ0) is 8.32. The monoisotopic (exact) mass is 220 g/mol. The third kappa shape index (κ3) is 2.45. The van der Waals surface area contributed by atoms with Crippen LogP contribution in [0.15, 0.2) is 0 Å². The largest absolute Gasteiger partial charge is 0.381 e. The van der Waals surface area contributed by atoms with Gasteiger partial charge in [-0.1, -0.05) is 22.9 Å². The molecular formula is C9H17BrO. The van der Waals surface area contributed by atoms with E-state index in [1.807, 2.05) is 0 Å². The molecule has 1 aliphatic rings. The minimum Gasteiger partial charge on any atom is -0.381 e. The average Bonchev–Trinajstić information content (AvgIpc) is 2.82. The van der Waals surface area contributed by atoms with Gasteiger partial charge in [0.1, 0.15) is 0 Å². The number of hydrogen-bond donors (Lipinski definition) is 0. The number of hydrogen-bond acceptors (Lipinski definition) is 1. The fourth-order valence-corrected chi connectivity index (χ4v) is 2.00. The predicted molar refractivity (Wildman–Crippen MR) is 51.1 cm³/mol. The van der Waals surface area contributed by atoms with Gasteiger partial charge in [0.15, 0.2) is 0 Å². The molecule has 0 spiro atoms. The van der Waals surface area contributed by atoms with Gasteiger partial charge in [-0.15, -0.1) is 0 Å². The van der Waals surface area contributed by atoms with E-state index in [2.05, 4.69) is 29.8 Å². The molecular weight excluding hydrogens is 204 g/mol. The maximum atomic E-state index is 5.46. The highest BCUT2D eigenvalue weighted by molar-refractivity contribution is 9.09. The first-order valence-corrected chi connectivity index (χ1v) is 5.49. The maximum absolute atomic E-state index is 5.46. The van der Waals surface area contributed by atoms with Crippen molar-refractivity contribution in [2.75, 3.05) is 18.5 Å². The molecule has 0 aromatic heterocycles. The number of alkyl halides is 1. The molecule has 0 aromatic carbocycles. The second kappa shape index (κ2) is 3.90. The summed E-state index contributed by atoms with van der Waals surface area (Å²) in [6, 6.07) is 0. The summed E-state index contributed by atoms with van der Waals surface area (Å²) in [6.45, 7) is 6.13. The molecule has 1 nitrogen and oxygen atoms in total. The summed E-state index contributed by atoms with van der Waals surface area (Å²) in [7, 11) is 0. The molecule has 1 fully saturated rings. The lowest BCUT2D eigenvalue weighted by atomic mass is 9.88. The molecule has 66 valence electrons. The summed E-state index contributed by atoms with van der Waals surface area (Å²) in [5.74, 6) is 0.911. The molecule has 2 heteroatoms. The zero-order valence-electron chi connectivity index (χ0n) is 7.40. The Morgan fingerprint density at radius 2 is 2.18 bits per heavy atom. The van der Waals surface area contributed by atoms with Crippen LogP contribution in [-0.4, -0.2) is 18.5 Å². The summed E-state index contributed by atoms with van der Waals surface area (Å²) in [6.07, 6.45) is 2.80. The lowest BCUT2D eigenvalue weighted by Crippen LogP contribution is -2.27. The molecule has 0 radical (unpaired) electrons. The van der Waals surface area contributed by atoms with Gasteiger partial charge in [-0.25, -0.2) is 0 Å². The Hall–Kier alpha value is 0.440. The van der Waals surface area contributed by atoms with Crippen molar-refractivity contribution < 1.29 is 4.74 Å². The Labute approximate surface area is 77.6 Å². The Morgan fingerprint density at radius 3 is 2.55 bits per heavy atom. The Kier molecular flexibility index (Phi) is 3.38. The van der Waals surface area contributed by atoms with Crippen molar-refractivity contribution in [2.24, 2.45) is 11.3 Å². The van der Waals surface area contributed by atoms with E-state index in [1.165, 1.54) is 12.8 Å². The van der Waals surface area contributed by atoms with Gasteiger partial charge in [0.25, 0.3) is 0 Å². The van der Waals surface area contributed by atoms with Crippen LogP contribution in [0.4, 0.5) is 0 Å². The Morgan fingerprint density at radius 1 is 1.55 bits per heavy atom. The van der Waals surface area contributed by atoms with Crippen molar-refractivity contribution in [3.05, 3.63) is 0 Å². The summed E-state index contributed by atoms with van der Waals surface area (Å²) in [4.78, 5) is 0. The molecule has 0 amide bonds. The third-order valence-corrected chi connectivity index (χ3v) is 3.79. The van der Waals surface area contributed by atoms with E-state index in [4.69, 9.17) is 4.74 Å². The fourth-order valence-electron chi connectivity index (χ4n) is 1.38. The summed E-state index contributed by atoms with van der Waals surface area (Å²) >= 11 is 3.56. The Bertz CT molecular complexity index is 123. The highest BCUT2D eigenvalue weighted by Crippen LogP contribution is 2.46. The van der Waals surface area contributed by atoms with E-state index in [0.717, 1.165) is 24.5 Å². The minimum atomic E-state index is 0.399. The quantitative estimate of drug-likeness (QED) is 0.648. The van der Waals surface area contributed by atoms with Gasteiger partial charge in [0.05, 0.1) is 6.61 Å². The minimum absolute atomic E-state index is 0.399. The Balaban J connectivity index is 2.31. The van der Waals surface area contributed by atoms with Crippen LogP contribution in [0.2, 0.25) is 0 Å². The third-order valence-electron chi connectivity index (χ3n) is 2.50. The van der Waals surface area contributed by atoms with E-state index < -0.39 is 0 Å². The SMILES string of the molecule is CCOCC(C)(CBr)C1CC1. The molecule has 0 heterocycles. The first-order valence-electron chi connectivity index (χ1n) is 4.36. The molecule has 11 heavy (non-hydrogen) atoms. The van der Waals surface area contributed by atoms with E-state index in [1.54, 1.807) is 0 Å². The van der Waals surface area contributed by atoms with Crippen LogP contribution in [0.5, 0.6) is 0 Å². The summed E-state index contributed by atoms with van der Waals surface area (Å²) in [5.41, 5.74) is 0.399. The molecule has 0 N–H and O–H groups in total. The van der Waals surface area contributed by atoms with E-state index in [-0.39, 0.29) is 0 Å². The first kappa shape index (κ1) is 9.53. The van der Waals surface area contributed by atoms with Gasteiger partial charge >= 0.3 is 0 Å². The maximum Gasteiger partial charge on any atom is 0.0530 e. The molecule has 1 aliphatic carbocycles. The highest BCUT2D eigenvalue weighted by atomic mass is 79.9. The van der Waals surface area contributed by atoms with Crippen LogP contribution in [0.3, 0.4) is 0 Å².